The zero-order chi connectivity index (χ0) is 27.9. The summed E-state index contributed by atoms with van der Waals surface area (Å²) in [5, 5.41) is 7.26. The number of carbonyl (C=O) groups excluding carboxylic acids is 1. The molecule has 4 heterocycles. The Morgan fingerprint density at radius 2 is 1.95 bits per heavy atom. The van der Waals surface area contributed by atoms with Crippen molar-refractivity contribution in [2.75, 3.05) is 6.54 Å². The molecule has 3 aromatic heterocycles. The van der Waals surface area contributed by atoms with Crippen LogP contribution in [0.1, 0.15) is 43.9 Å². The summed E-state index contributed by atoms with van der Waals surface area (Å²) in [6.07, 6.45) is -0.168. The van der Waals surface area contributed by atoms with Crippen LogP contribution in [-0.4, -0.2) is 41.3 Å². The fraction of sp³-hybridized carbons (Fsp3) is 0.423. The Bertz CT molecular complexity index is 1650. The molecule has 0 spiro atoms. The highest BCUT2D eigenvalue weighted by Crippen LogP contribution is 2.33. The zero-order valence-electron chi connectivity index (χ0n) is 21.5. The summed E-state index contributed by atoms with van der Waals surface area (Å²) >= 11 is 0. The van der Waals surface area contributed by atoms with Gasteiger partial charge in [-0.15, -0.1) is 0 Å². The van der Waals surface area contributed by atoms with Crippen molar-refractivity contribution in [3.05, 3.63) is 68.6 Å². The molecule has 4 aromatic rings. The largest absolute Gasteiger partial charge is 0.416 e. The zero-order valence-corrected chi connectivity index (χ0v) is 21.5. The predicted molar refractivity (Wildman–Crippen MR) is 137 cm³/mol. The Labute approximate surface area is 220 Å². The molecule has 2 unspecified atom stereocenters. The molecule has 10 nitrogen and oxygen atoms in total. The molecular weight excluding hydrogens is 515 g/mol. The first kappa shape index (κ1) is 26.4. The van der Waals surface area contributed by atoms with Gasteiger partial charge in [-0.1, -0.05) is 25.1 Å². The minimum Gasteiger partial charge on any atom is -0.356 e. The van der Waals surface area contributed by atoms with E-state index in [1.54, 1.807) is 30.1 Å². The van der Waals surface area contributed by atoms with Crippen molar-refractivity contribution in [3.63, 3.8) is 0 Å². The highest BCUT2D eigenvalue weighted by atomic mass is 19.4. The van der Waals surface area contributed by atoms with Crippen LogP contribution in [-0.2, 0) is 30.5 Å². The van der Waals surface area contributed by atoms with Gasteiger partial charge in [0.05, 0.1) is 23.4 Å². The van der Waals surface area contributed by atoms with Crippen molar-refractivity contribution in [3.8, 4) is 11.4 Å². The van der Waals surface area contributed by atoms with Crippen molar-refractivity contribution < 1.29 is 18.0 Å². The molecule has 1 aromatic carbocycles. The van der Waals surface area contributed by atoms with Gasteiger partial charge in [-0.3, -0.25) is 23.4 Å². The van der Waals surface area contributed by atoms with E-state index in [1.165, 1.54) is 15.2 Å². The number of carbonyl (C=O) groups is 1. The van der Waals surface area contributed by atoms with Gasteiger partial charge in [0.2, 0.25) is 5.91 Å². The van der Waals surface area contributed by atoms with Crippen LogP contribution < -0.4 is 16.6 Å². The van der Waals surface area contributed by atoms with E-state index in [1.807, 2.05) is 6.92 Å². The molecule has 13 heteroatoms. The molecule has 1 saturated heterocycles. The van der Waals surface area contributed by atoms with Gasteiger partial charge in [-0.05, 0) is 31.4 Å². The van der Waals surface area contributed by atoms with E-state index in [4.69, 9.17) is 0 Å². The molecule has 0 saturated carbocycles. The minimum absolute atomic E-state index is 0.125. The van der Waals surface area contributed by atoms with Crippen molar-refractivity contribution in [2.45, 2.75) is 58.4 Å². The van der Waals surface area contributed by atoms with Crippen LogP contribution in [0.2, 0.25) is 0 Å². The fourth-order valence-electron chi connectivity index (χ4n) is 5.14. The van der Waals surface area contributed by atoms with Gasteiger partial charge in [0, 0.05) is 38.2 Å². The fourth-order valence-corrected chi connectivity index (χ4v) is 5.14. The molecule has 1 aliphatic rings. The summed E-state index contributed by atoms with van der Waals surface area (Å²) < 4.78 is 44.2. The highest BCUT2D eigenvalue weighted by Gasteiger charge is 2.33. The Balaban J connectivity index is 1.53. The Kier molecular flexibility index (Phi) is 6.91. The number of nitrogens with zero attached hydrogens (tertiary/aromatic N) is 5. The number of benzene rings is 1. The number of hydrogen-bond acceptors (Lipinski definition) is 5. The number of imidazole rings is 1. The van der Waals surface area contributed by atoms with E-state index in [-0.39, 0.29) is 42.4 Å². The van der Waals surface area contributed by atoms with E-state index >= 15 is 0 Å². The van der Waals surface area contributed by atoms with Gasteiger partial charge < -0.3 is 10.3 Å². The second-order valence-corrected chi connectivity index (χ2v) is 9.71. The third-order valence-corrected chi connectivity index (χ3v) is 7.09. The van der Waals surface area contributed by atoms with E-state index in [0.717, 1.165) is 12.1 Å². The van der Waals surface area contributed by atoms with Crippen LogP contribution in [0.3, 0.4) is 0 Å². The first-order valence-corrected chi connectivity index (χ1v) is 12.8. The van der Waals surface area contributed by atoms with Crippen LogP contribution in [0.25, 0.3) is 22.6 Å². The first-order valence-electron chi connectivity index (χ1n) is 12.8. The number of amides is 1. The van der Waals surface area contributed by atoms with Gasteiger partial charge in [-0.2, -0.15) is 18.3 Å². The average molecular weight is 544 g/mol. The molecule has 39 heavy (non-hydrogen) atoms. The lowest BCUT2D eigenvalue weighted by molar-refractivity contribution is -0.137. The number of aromatic amines is 1. The summed E-state index contributed by atoms with van der Waals surface area (Å²) in [5.41, 5.74) is -0.158. The van der Waals surface area contributed by atoms with Gasteiger partial charge >= 0.3 is 11.9 Å². The standard InChI is InChI=1S/C26H28F3N7O3/c1-3-8-35-24(38)21-23(34(4-2)25(35)39)33-22(32-21)17-13-31-36(14-17)19(16-11-20(37)30-12-16)10-15-6-5-7-18(9-15)26(27,28)29/h5-7,9,13-14,16,19H,3-4,8,10-12H2,1-2H3,(H,30,37)(H,32,33). The maximum atomic E-state index is 13.3. The molecule has 0 radical (unpaired) electrons. The van der Waals surface area contributed by atoms with Crippen LogP contribution in [0.4, 0.5) is 13.2 Å². The third kappa shape index (κ3) is 5.00. The molecule has 2 atom stereocenters. The van der Waals surface area contributed by atoms with Crippen molar-refractivity contribution in [2.24, 2.45) is 5.92 Å². The number of hydrogen-bond donors (Lipinski definition) is 2. The number of nitrogens with one attached hydrogen (secondary N) is 2. The molecule has 206 valence electrons. The van der Waals surface area contributed by atoms with Gasteiger partial charge in [0.1, 0.15) is 11.3 Å². The molecule has 0 bridgehead atoms. The van der Waals surface area contributed by atoms with Crippen LogP contribution in [0.5, 0.6) is 0 Å². The van der Waals surface area contributed by atoms with Crippen molar-refractivity contribution in [1.82, 2.24) is 34.2 Å². The topological polar surface area (TPSA) is 120 Å². The predicted octanol–water partition coefficient (Wildman–Crippen LogP) is 3.12. The third-order valence-electron chi connectivity index (χ3n) is 7.09. The van der Waals surface area contributed by atoms with Gasteiger partial charge in [0.15, 0.2) is 5.65 Å². The quantitative estimate of drug-likeness (QED) is 0.354. The highest BCUT2D eigenvalue weighted by molar-refractivity contribution is 5.78. The minimum atomic E-state index is -4.47. The maximum absolute atomic E-state index is 13.3. The molecule has 5 rings (SSSR count). The molecule has 1 fully saturated rings. The summed E-state index contributed by atoms with van der Waals surface area (Å²) in [6, 6.07) is 4.72. The van der Waals surface area contributed by atoms with E-state index in [0.29, 0.717) is 36.5 Å². The van der Waals surface area contributed by atoms with Crippen LogP contribution in [0.15, 0.2) is 46.2 Å². The lowest BCUT2D eigenvalue weighted by Gasteiger charge is -2.23. The van der Waals surface area contributed by atoms with Gasteiger partial charge in [-0.25, -0.2) is 9.78 Å². The van der Waals surface area contributed by atoms with Crippen molar-refractivity contribution >= 4 is 17.1 Å². The normalized spacial score (nSPS) is 16.6. The SMILES string of the molecule is CCCn1c(=O)c2[nH]c(-c3cnn(C(Cc4cccc(C(F)(F)F)c4)C4CNC(=O)C4)c3)nc2n(CC)c1=O. The van der Waals surface area contributed by atoms with Gasteiger partial charge in [0.25, 0.3) is 5.56 Å². The number of fused-ring (bicyclic) bond motifs is 1. The summed E-state index contributed by atoms with van der Waals surface area (Å²) in [6.45, 7) is 4.66. The first-order chi connectivity index (χ1) is 18.6. The maximum Gasteiger partial charge on any atom is 0.416 e. The monoisotopic (exact) mass is 543 g/mol. The lowest BCUT2D eigenvalue weighted by atomic mass is 9.92. The molecule has 1 amide bonds. The van der Waals surface area contributed by atoms with Crippen molar-refractivity contribution in [1.29, 1.82) is 0 Å². The second kappa shape index (κ2) is 10.2. The number of alkyl halides is 3. The molecule has 1 aliphatic heterocycles. The number of H-pyrrole nitrogens is 1. The second-order valence-electron chi connectivity index (χ2n) is 9.71. The summed E-state index contributed by atoms with van der Waals surface area (Å²) in [4.78, 5) is 45.4. The number of halogens is 3. The van der Waals surface area contributed by atoms with E-state index in [2.05, 4.69) is 20.4 Å². The Morgan fingerprint density at radius 3 is 2.62 bits per heavy atom. The smallest absolute Gasteiger partial charge is 0.356 e. The number of aromatic nitrogens is 6. The summed E-state index contributed by atoms with van der Waals surface area (Å²) in [7, 11) is 0. The van der Waals surface area contributed by atoms with Crippen LogP contribution in [0, 0.1) is 5.92 Å². The Morgan fingerprint density at radius 1 is 1.15 bits per heavy atom. The van der Waals surface area contributed by atoms with E-state index in [9.17, 15) is 27.6 Å². The molecule has 0 aliphatic carbocycles. The lowest BCUT2D eigenvalue weighted by Crippen LogP contribution is -2.39. The molecular formula is C26H28F3N7O3. The number of rotatable bonds is 8. The number of aryl methyl sites for hydroxylation is 1. The van der Waals surface area contributed by atoms with E-state index < -0.39 is 29.0 Å². The van der Waals surface area contributed by atoms with Crippen LogP contribution >= 0.6 is 0 Å². The average Bonchev–Trinajstić information content (AvgIpc) is 3.65. The Hall–Kier alpha value is -4.16. The summed E-state index contributed by atoms with van der Waals surface area (Å²) in [5.74, 6) is 0.0178. The molecule has 2 N–H and O–H groups in total.